The molecule has 92 valence electrons. The summed E-state index contributed by atoms with van der Waals surface area (Å²) in [7, 11) is 0. The maximum atomic E-state index is 11.1. The Morgan fingerprint density at radius 3 is 2.94 bits per heavy atom. The zero-order valence-electron chi connectivity index (χ0n) is 10.0. The Morgan fingerprint density at radius 1 is 1.53 bits per heavy atom. The number of benzene rings is 1. The summed E-state index contributed by atoms with van der Waals surface area (Å²) in [5.74, 6) is -0.958. The molecule has 1 atom stereocenters. The van der Waals surface area contributed by atoms with Crippen LogP contribution in [0.3, 0.4) is 0 Å². The van der Waals surface area contributed by atoms with E-state index in [1.54, 1.807) is 6.92 Å². The van der Waals surface area contributed by atoms with Gasteiger partial charge in [0.15, 0.2) is 0 Å². The number of aryl methyl sites for hydroxylation is 1. The van der Waals surface area contributed by atoms with Gasteiger partial charge in [0.05, 0.1) is 0 Å². The van der Waals surface area contributed by atoms with Crippen molar-refractivity contribution in [2.75, 3.05) is 18.0 Å². The first-order valence-electron chi connectivity index (χ1n) is 5.86. The third-order valence-electron chi connectivity index (χ3n) is 3.21. The molecule has 1 aliphatic heterocycles. The molecule has 0 aliphatic carbocycles. The van der Waals surface area contributed by atoms with Crippen molar-refractivity contribution in [3.05, 3.63) is 29.8 Å². The van der Waals surface area contributed by atoms with Gasteiger partial charge in [0.2, 0.25) is 0 Å². The Morgan fingerprint density at radius 2 is 2.24 bits per heavy atom. The smallest absolute Gasteiger partial charge is 0.325 e. The molecular formula is C13H18N2O2. The largest absolute Gasteiger partial charge is 0.480 e. The Kier molecular flexibility index (Phi) is 3.07. The number of carbonyl (C=O) groups is 1. The number of nitrogens with two attached hydrogens (primary N) is 1. The van der Waals surface area contributed by atoms with E-state index in [0.29, 0.717) is 6.54 Å². The highest BCUT2D eigenvalue weighted by atomic mass is 16.4. The number of rotatable bonds is 3. The molecular weight excluding hydrogens is 216 g/mol. The van der Waals surface area contributed by atoms with Gasteiger partial charge in [-0.25, -0.2) is 0 Å². The summed E-state index contributed by atoms with van der Waals surface area (Å²) in [5, 5.41) is 9.07. The molecule has 4 nitrogen and oxygen atoms in total. The maximum Gasteiger partial charge on any atom is 0.325 e. The molecule has 0 amide bonds. The SMILES string of the molecule is CC(N)(CN1CCCc2ccccc21)C(=O)O. The Balaban J connectivity index is 2.22. The highest BCUT2D eigenvalue weighted by molar-refractivity contribution is 5.79. The number of nitrogens with zero attached hydrogens (tertiary/aromatic N) is 1. The van der Waals surface area contributed by atoms with Gasteiger partial charge in [-0.3, -0.25) is 4.79 Å². The van der Waals surface area contributed by atoms with E-state index in [1.165, 1.54) is 5.56 Å². The number of para-hydroxylation sites is 1. The molecule has 1 aromatic carbocycles. The topological polar surface area (TPSA) is 66.6 Å². The predicted molar refractivity (Wildman–Crippen MR) is 67.2 cm³/mol. The van der Waals surface area contributed by atoms with Crippen LogP contribution in [-0.2, 0) is 11.2 Å². The summed E-state index contributed by atoms with van der Waals surface area (Å²) in [5.41, 5.74) is 7.00. The third-order valence-corrected chi connectivity index (χ3v) is 3.21. The molecule has 1 aliphatic rings. The molecule has 3 N–H and O–H groups in total. The van der Waals surface area contributed by atoms with Gasteiger partial charge in [-0.1, -0.05) is 18.2 Å². The molecule has 0 bridgehead atoms. The number of carboxylic acid groups (broad SMARTS) is 1. The van der Waals surface area contributed by atoms with Gasteiger partial charge in [-0.2, -0.15) is 0 Å². The normalized spacial score (nSPS) is 18.4. The number of fused-ring (bicyclic) bond motifs is 1. The first-order valence-corrected chi connectivity index (χ1v) is 5.86. The van der Waals surface area contributed by atoms with Gasteiger partial charge in [0, 0.05) is 18.8 Å². The van der Waals surface area contributed by atoms with Crippen LogP contribution in [0.15, 0.2) is 24.3 Å². The van der Waals surface area contributed by atoms with Gasteiger partial charge >= 0.3 is 5.97 Å². The molecule has 4 heteroatoms. The van der Waals surface area contributed by atoms with Crippen LogP contribution in [0.2, 0.25) is 0 Å². The quantitative estimate of drug-likeness (QED) is 0.825. The first-order chi connectivity index (χ1) is 8.00. The second kappa shape index (κ2) is 4.37. The van der Waals surface area contributed by atoms with Crippen LogP contribution in [0.25, 0.3) is 0 Å². The fourth-order valence-electron chi connectivity index (χ4n) is 2.24. The zero-order valence-corrected chi connectivity index (χ0v) is 10.0. The molecule has 17 heavy (non-hydrogen) atoms. The van der Waals surface area contributed by atoms with Gasteiger partial charge in [-0.05, 0) is 31.4 Å². The summed E-state index contributed by atoms with van der Waals surface area (Å²) in [6, 6.07) is 8.12. The van der Waals surface area contributed by atoms with Crippen molar-refractivity contribution >= 4 is 11.7 Å². The van der Waals surface area contributed by atoms with E-state index in [1.807, 2.05) is 18.2 Å². The minimum absolute atomic E-state index is 0.347. The van der Waals surface area contributed by atoms with Crippen LogP contribution in [-0.4, -0.2) is 29.7 Å². The van der Waals surface area contributed by atoms with E-state index in [9.17, 15) is 4.79 Å². The lowest BCUT2D eigenvalue weighted by Gasteiger charge is -2.35. The van der Waals surface area contributed by atoms with Gasteiger partial charge in [0.25, 0.3) is 0 Å². The van der Waals surface area contributed by atoms with Crippen molar-refractivity contribution in [3.63, 3.8) is 0 Å². The van der Waals surface area contributed by atoms with Crippen LogP contribution < -0.4 is 10.6 Å². The average molecular weight is 234 g/mol. The lowest BCUT2D eigenvalue weighted by molar-refractivity contribution is -0.142. The molecule has 1 heterocycles. The minimum Gasteiger partial charge on any atom is -0.480 e. The van der Waals surface area contributed by atoms with Gasteiger partial charge in [-0.15, -0.1) is 0 Å². The fraction of sp³-hybridized carbons (Fsp3) is 0.462. The minimum atomic E-state index is -1.20. The number of hydrogen-bond donors (Lipinski definition) is 2. The molecule has 0 spiro atoms. The number of hydrogen-bond acceptors (Lipinski definition) is 3. The van der Waals surface area contributed by atoms with E-state index in [0.717, 1.165) is 25.1 Å². The van der Waals surface area contributed by atoms with Crippen molar-refractivity contribution < 1.29 is 9.90 Å². The summed E-state index contributed by atoms with van der Waals surface area (Å²) < 4.78 is 0. The van der Waals surface area contributed by atoms with E-state index < -0.39 is 11.5 Å². The molecule has 1 aromatic rings. The summed E-state index contributed by atoms with van der Waals surface area (Å²) in [6.07, 6.45) is 2.10. The third kappa shape index (κ3) is 2.42. The van der Waals surface area contributed by atoms with Crippen LogP contribution in [0.4, 0.5) is 5.69 Å². The second-order valence-electron chi connectivity index (χ2n) is 4.88. The second-order valence-corrected chi connectivity index (χ2v) is 4.88. The van der Waals surface area contributed by atoms with E-state index >= 15 is 0 Å². The molecule has 1 unspecified atom stereocenters. The number of aliphatic carboxylic acids is 1. The Labute approximate surface area is 101 Å². The van der Waals surface area contributed by atoms with E-state index in [2.05, 4.69) is 11.0 Å². The number of carboxylic acids is 1. The summed E-state index contributed by atoms with van der Waals surface area (Å²) in [6.45, 7) is 2.78. The van der Waals surface area contributed by atoms with Crippen LogP contribution in [0.1, 0.15) is 18.9 Å². The molecule has 2 rings (SSSR count). The van der Waals surface area contributed by atoms with Crippen molar-refractivity contribution in [1.82, 2.24) is 0 Å². The molecule has 0 aromatic heterocycles. The number of anilines is 1. The lowest BCUT2D eigenvalue weighted by atomic mass is 9.98. The van der Waals surface area contributed by atoms with E-state index in [-0.39, 0.29) is 0 Å². The molecule has 0 saturated heterocycles. The Bertz CT molecular complexity index is 429. The predicted octanol–water partition coefficient (Wildman–Crippen LogP) is 1.24. The fourth-order valence-corrected chi connectivity index (χ4v) is 2.24. The van der Waals surface area contributed by atoms with Crippen molar-refractivity contribution in [3.8, 4) is 0 Å². The van der Waals surface area contributed by atoms with Gasteiger partial charge < -0.3 is 15.7 Å². The monoisotopic (exact) mass is 234 g/mol. The highest BCUT2D eigenvalue weighted by Gasteiger charge is 2.32. The molecule has 0 saturated carbocycles. The van der Waals surface area contributed by atoms with Crippen LogP contribution in [0.5, 0.6) is 0 Å². The van der Waals surface area contributed by atoms with Crippen LogP contribution in [0, 0.1) is 0 Å². The summed E-state index contributed by atoms with van der Waals surface area (Å²) >= 11 is 0. The van der Waals surface area contributed by atoms with Crippen molar-refractivity contribution in [2.45, 2.75) is 25.3 Å². The first kappa shape index (κ1) is 11.9. The lowest BCUT2D eigenvalue weighted by Crippen LogP contribution is -2.54. The van der Waals surface area contributed by atoms with Gasteiger partial charge in [0.1, 0.15) is 5.54 Å². The molecule has 0 fully saturated rings. The van der Waals surface area contributed by atoms with E-state index in [4.69, 9.17) is 10.8 Å². The summed E-state index contributed by atoms with van der Waals surface area (Å²) in [4.78, 5) is 13.1. The maximum absolute atomic E-state index is 11.1. The van der Waals surface area contributed by atoms with Crippen molar-refractivity contribution in [2.24, 2.45) is 5.73 Å². The molecule has 0 radical (unpaired) electrons. The van der Waals surface area contributed by atoms with Crippen molar-refractivity contribution in [1.29, 1.82) is 0 Å². The highest BCUT2D eigenvalue weighted by Crippen LogP contribution is 2.27. The van der Waals surface area contributed by atoms with Crippen LogP contribution >= 0.6 is 0 Å². The average Bonchev–Trinajstić information content (AvgIpc) is 2.29. The Hall–Kier alpha value is -1.55. The zero-order chi connectivity index (χ0) is 12.5. The standard InChI is InChI=1S/C13H18N2O2/c1-13(14,12(16)17)9-15-8-4-6-10-5-2-3-7-11(10)15/h2-3,5,7H,4,6,8-9,14H2,1H3,(H,16,17).